The van der Waals surface area contributed by atoms with Crippen LogP contribution in [0.15, 0.2) is 21.7 Å². The standard InChI is InChI=1S/C14H20N2O2/c1-13(2,3)9-7-10-12(18-8-15-10)16(11(9)17)14(4,5)6/h7-8H,1-6H3. The summed E-state index contributed by atoms with van der Waals surface area (Å²) < 4.78 is 7.07. The van der Waals surface area contributed by atoms with Gasteiger partial charge in [0.2, 0.25) is 5.71 Å². The molecule has 0 atom stereocenters. The van der Waals surface area contributed by atoms with Crippen LogP contribution in [0.25, 0.3) is 11.2 Å². The lowest BCUT2D eigenvalue weighted by Gasteiger charge is -2.26. The summed E-state index contributed by atoms with van der Waals surface area (Å²) in [6, 6.07) is 1.84. The summed E-state index contributed by atoms with van der Waals surface area (Å²) in [5, 5.41) is 0. The summed E-state index contributed by atoms with van der Waals surface area (Å²) in [5.74, 6) is 0. The zero-order valence-corrected chi connectivity index (χ0v) is 11.9. The normalized spacial score (nSPS) is 13.2. The number of aromatic nitrogens is 2. The van der Waals surface area contributed by atoms with Gasteiger partial charge in [-0.05, 0) is 32.3 Å². The van der Waals surface area contributed by atoms with E-state index in [0.29, 0.717) is 5.71 Å². The smallest absolute Gasteiger partial charge is 0.257 e. The number of hydrogen-bond acceptors (Lipinski definition) is 3. The van der Waals surface area contributed by atoms with Crippen LogP contribution in [0, 0.1) is 0 Å². The maximum atomic E-state index is 12.6. The van der Waals surface area contributed by atoms with Crippen LogP contribution in [0.2, 0.25) is 0 Å². The molecular formula is C14H20N2O2. The molecule has 0 spiro atoms. The first-order valence-corrected chi connectivity index (χ1v) is 6.12. The molecule has 0 saturated carbocycles. The summed E-state index contributed by atoms with van der Waals surface area (Å²) in [6.07, 6.45) is 1.39. The van der Waals surface area contributed by atoms with Gasteiger partial charge in [-0.2, -0.15) is 0 Å². The van der Waals surface area contributed by atoms with Gasteiger partial charge in [-0.25, -0.2) is 4.98 Å². The van der Waals surface area contributed by atoms with Gasteiger partial charge in [0.1, 0.15) is 5.52 Å². The average molecular weight is 248 g/mol. The van der Waals surface area contributed by atoms with Crippen molar-refractivity contribution >= 4 is 11.2 Å². The van der Waals surface area contributed by atoms with Crippen molar-refractivity contribution in [3.05, 3.63) is 28.4 Å². The molecule has 2 heterocycles. The largest absolute Gasteiger partial charge is 0.427 e. The van der Waals surface area contributed by atoms with E-state index in [0.717, 1.165) is 11.1 Å². The Hall–Kier alpha value is -1.58. The highest BCUT2D eigenvalue weighted by molar-refractivity contribution is 5.69. The fourth-order valence-corrected chi connectivity index (χ4v) is 2.07. The van der Waals surface area contributed by atoms with Gasteiger partial charge in [0.25, 0.3) is 5.56 Å². The van der Waals surface area contributed by atoms with Crippen molar-refractivity contribution < 1.29 is 4.42 Å². The van der Waals surface area contributed by atoms with Crippen molar-refractivity contribution in [1.29, 1.82) is 0 Å². The Morgan fingerprint density at radius 3 is 2.28 bits per heavy atom. The molecule has 0 aromatic carbocycles. The fourth-order valence-electron chi connectivity index (χ4n) is 2.07. The van der Waals surface area contributed by atoms with E-state index in [-0.39, 0.29) is 16.5 Å². The molecule has 0 saturated heterocycles. The number of hydrogen-bond donors (Lipinski definition) is 0. The Labute approximate surface area is 107 Å². The zero-order valence-electron chi connectivity index (χ0n) is 11.9. The van der Waals surface area contributed by atoms with E-state index in [1.54, 1.807) is 4.57 Å². The van der Waals surface area contributed by atoms with Gasteiger partial charge < -0.3 is 4.42 Å². The molecule has 0 amide bonds. The lowest BCUT2D eigenvalue weighted by atomic mass is 9.87. The van der Waals surface area contributed by atoms with Crippen LogP contribution in [0.5, 0.6) is 0 Å². The van der Waals surface area contributed by atoms with Crippen molar-refractivity contribution in [3.63, 3.8) is 0 Å². The second kappa shape index (κ2) is 3.70. The minimum absolute atomic E-state index is 0.000694. The molecule has 0 fully saturated rings. The third-order valence-corrected chi connectivity index (χ3v) is 2.97. The molecule has 0 bridgehead atoms. The second-order valence-corrected chi connectivity index (χ2v) is 6.66. The monoisotopic (exact) mass is 248 g/mol. The SMILES string of the molecule is CC(C)(C)c1cc2ncoc2n(C(C)(C)C)c1=O. The molecule has 0 aliphatic carbocycles. The number of oxazole rings is 1. The first-order valence-electron chi connectivity index (χ1n) is 6.12. The van der Waals surface area contributed by atoms with Crippen molar-refractivity contribution in [1.82, 2.24) is 9.55 Å². The summed E-state index contributed by atoms with van der Waals surface area (Å²) in [6.45, 7) is 12.1. The maximum Gasteiger partial charge on any atom is 0.257 e. The highest BCUT2D eigenvalue weighted by Gasteiger charge is 2.27. The van der Waals surface area contributed by atoms with Crippen molar-refractivity contribution in [2.75, 3.05) is 0 Å². The molecule has 0 radical (unpaired) electrons. The zero-order chi connectivity index (χ0) is 13.7. The Bertz CT molecular complexity index is 636. The Morgan fingerprint density at radius 1 is 1.17 bits per heavy atom. The molecule has 2 aromatic heterocycles. The summed E-state index contributed by atoms with van der Waals surface area (Å²) in [4.78, 5) is 16.8. The minimum atomic E-state index is -0.337. The topological polar surface area (TPSA) is 48.0 Å². The van der Waals surface area contributed by atoms with Crippen LogP contribution in [-0.4, -0.2) is 9.55 Å². The molecule has 2 aromatic rings. The van der Waals surface area contributed by atoms with Crippen LogP contribution < -0.4 is 5.56 Å². The number of nitrogens with zero attached hydrogens (tertiary/aromatic N) is 2. The van der Waals surface area contributed by atoms with E-state index >= 15 is 0 Å². The van der Waals surface area contributed by atoms with Crippen molar-refractivity contribution in [2.45, 2.75) is 52.5 Å². The summed E-state index contributed by atoms with van der Waals surface area (Å²) in [7, 11) is 0. The first-order chi connectivity index (χ1) is 8.12. The van der Waals surface area contributed by atoms with Crippen LogP contribution in [0.1, 0.15) is 47.1 Å². The summed E-state index contributed by atoms with van der Waals surface area (Å²) in [5.41, 5.74) is 1.49. The van der Waals surface area contributed by atoms with Gasteiger partial charge in [-0.15, -0.1) is 0 Å². The van der Waals surface area contributed by atoms with E-state index < -0.39 is 0 Å². The summed E-state index contributed by atoms with van der Waals surface area (Å²) >= 11 is 0. The predicted molar refractivity (Wildman–Crippen MR) is 72.0 cm³/mol. The lowest BCUT2D eigenvalue weighted by molar-refractivity contribution is 0.370. The fraction of sp³-hybridized carbons (Fsp3) is 0.571. The average Bonchev–Trinajstić information content (AvgIpc) is 2.59. The molecule has 0 aliphatic rings. The van der Waals surface area contributed by atoms with E-state index in [1.807, 2.05) is 47.6 Å². The minimum Gasteiger partial charge on any atom is -0.427 e. The Balaban J connectivity index is 2.95. The highest BCUT2D eigenvalue weighted by Crippen LogP contribution is 2.25. The van der Waals surface area contributed by atoms with Crippen molar-refractivity contribution in [2.24, 2.45) is 0 Å². The number of fused-ring (bicyclic) bond motifs is 1. The third-order valence-electron chi connectivity index (χ3n) is 2.97. The molecule has 4 heteroatoms. The van der Waals surface area contributed by atoms with Crippen LogP contribution in [0.4, 0.5) is 0 Å². The van der Waals surface area contributed by atoms with Crippen LogP contribution in [-0.2, 0) is 11.0 Å². The Morgan fingerprint density at radius 2 is 1.78 bits per heavy atom. The van der Waals surface area contributed by atoms with Crippen LogP contribution in [0.3, 0.4) is 0 Å². The van der Waals surface area contributed by atoms with Gasteiger partial charge in [-0.1, -0.05) is 20.8 Å². The van der Waals surface area contributed by atoms with Gasteiger partial charge in [0.15, 0.2) is 6.39 Å². The third kappa shape index (κ3) is 1.96. The van der Waals surface area contributed by atoms with Gasteiger partial charge in [-0.3, -0.25) is 9.36 Å². The maximum absolute atomic E-state index is 12.6. The quantitative estimate of drug-likeness (QED) is 0.720. The van der Waals surface area contributed by atoms with E-state index in [1.165, 1.54) is 6.39 Å². The number of rotatable bonds is 0. The molecule has 0 aliphatic heterocycles. The van der Waals surface area contributed by atoms with E-state index in [4.69, 9.17) is 4.42 Å². The van der Waals surface area contributed by atoms with E-state index in [9.17, 15) is 4.79 Å². The molecule has 98 valence electrons. The van der Waals surface area contributed by atoms with Gasteiger partial charge in [0.05, 0.1) is 0 Å². The molecule has 4 nitrogen and oxygen atoms in total. The van der Waals surface area contributed by atoms with E-state index in [2.05, 4.69) is 4.98 Å². The first kappa shape index (κ1) is 12.9. The van der Waals surface area contributed by atoms with Gasteiger partial charge >= 0.3 is 0 Å². The molecule has 0 unspecified atom stereocenters. The van der Waals surface area contributed by atoms with Crippen molar-refractivity contribution in [3.8, 4) is 0 Å². The Kier molecular flexibility index (Phi) is 2.65. The number of pyridine rings is 1. The predicted octanol–water partition coefficient (Wildman–Crippen LogP) is 3.04. The molecule has 18 heavy (non-hydrogen) atoms. The van der Waals surface area contributed by atoms with Crippen LogP contribution >= 0.6 is 0 Å². The highest BCUT2D eigenvalue weighted by atomic mass is 16.3. The molecular weight excluding hydrogens is 228 g/mol. The molecule has 0 N–H and O–H groups in total. The lowest BCUT2D eigenvalue weighted by Crippen LogP contribution is -2.38. The molecule has 2 rings (SSSR count). The van der Waals surface area contributed by atoms with Gasteiger partial charge in [0, 0.05) is 11.1 Å². The second-order valence-electron chi connectivity index (χ2n) is 6.66.